The molecule has 1 amide bonds. The summed E-state index contributed by atoms with van der Waals surface area (Å²) < 4.78 is 6.89. The van der Waals surface area contributed by atoms with Crippen LogP contribution in [0, 0.1) is 0 Å². The van der Waals surface area contributed by atoms with E-state index in [-0.39, 0.29) is 11.8 Å². The SMILES string of the molecule is O=C1NC(=S)S/C1=C/C1=C(c2ccccc2)Oc2ccccc2[C@H]1c1ccccc1. The van der Waals surface area contributed by atoms with E-state index in [1.54, 1.807) is 0 Å². The highest BCUT2D eigenvalue weighted by Crippen LogP contribution is 2.47. The minimum Gasteiger partial charge on any atom is -0.456 e. The molecule has 5 rings (SSSR count). The molecule has 2 aliphatic heterocycles. The molecule has 146 valence electrons. The third-order valence-corrected chi connectivity index (χ3v) is 6.28. The number of fused-ring (bicyclic) bond motifs is 1. The Bertz CT molecular complexity index is 1200. The molecule has 1 fully saturated rings. The quantitative estimate of drug-likeness (QED) is 0.433. The van der Waals surface area contributed by atoms with Gasteiger partial charge < -0.3 is 10.1 Å². The molecule has 3 aromatic rings. The fraction of sp³-hybridized carbons (Fsp3) is 0.0400. The van der Waals surface area contributed by atoms with Crippen LogP contribution in [0.2, 0.25) is 0 Å². The number of hydrogen-bond acceptors (Lipinski definition) is 4. The van der Waals surface area contributed by atoms with Crippen molar-refractivity contribution in [1.29, 1.82) is 0 Å². The highest BCUT2D eigenvalue weighted by Gasteiger charge is 2.32. The van der Waals surface area contributed by atoms with E-state index in [9.17, 15) is 4.79 Å². The maximum absolute atomic E-state index is 12.4. The summed E-state index contributed by atoms with van der Waals surface area (Å²) in [6.45, 7) is 0. The number of ether oxygens (including phenoxy) is 1. The Balaban J connectivity index is 1.78. The van der Waals surface area contributed by atoms with E-state index in [0.717, 1.165) is 33.8 Å². The van der Waals surface area contributed by atoms with Gasteiger partial charge in [0.25, 0.3) is 5.91 Å². The van der Waals surface area contributed by atoms with Crippen molar-refractivity contribution in [2.24, 2.45) is 0 Å². The van der Waals surface area contributed by atoms with Gasteiger partial charge in [0.1, 0.15) is 15.8 Å². The van der Waals surface area contributed by atoms with Gasteiger partial charge >= 0.3 is 0 Å². The van der Waals surface area contributed by atoms with Crippen molar-refractivity contribution in [2.75, 3.05) is 0 Å². The van der Waals surface area contributed by atoms with Crippen LogP contribution in [0.15, 0.2) is 101 Å². The van der Waals surface area contributed by atoms with Gasteiger partial charge in [-0.25, -0.2) is 0 Å². The van der Waals surface area contributed by atoms with Gasteiger partial charge in [0, 0.05) is 22.6 Å². The predicted molar refractivity (Wildman–Crippen MR) is 125 cm³/mol. The summed E-state index contributed by atoms with van der Waals surface area (Å²) >= 11 is 6.48. The van der Waals surface area contributed by atoms with Gasteiger partial charge in [-0.1, -0.05) is 103 Å². The molecule has 0 radical (unpaired) electrons. The highest BCUT2D eigenvalue weighted by molar-refractivity contribution is 8.26. The maximum Gasteiger partial charge on any atom is 0.263 e. The summed E-state index contributed by atoms with van der Waals surface area (Å²) in [5.41, 5.74) is 4.11. The molecule has 2 aliphatic rings. The summed E-state index contributed by atoms with van der Waals surface area (Å²) in [5, 5.41) is 2.71. The maximum atomic E-state index is 12.4. The number of allylic oxidation sites excluding steroid dienone is 2. The molecule has 1 saturated heterocycles. The average Bonchev–Trinajstić information content (AvgIpc) is 3.11. The molecule has 0 saturated carbocycles. The number of thioether (sulfide) groups is 1. The molecule has 0 aromatic heterocycles. The first-order valence-electron chi connectivity index (χ1n) is 9.57. The molecule has 0 aliphatic carbocycles. The average molecular weight is 428 g/mol. The summed E-state index contributed by atoms with van der Waals surface area (Å²) in [5.74, 6) is 1.34. The molecule has 0 bridgehead atoms. The van der Waals surface area contributed by atoms with Crippen LogP contribution in [0.5, 0.6) is 5.75 Å². The van der Waals surface area contributed by atoms with E-state index in [1.165, 1.54) is 11.8 Å². The standard InChI is InChI=1S/C25H17NO2S2/c27-24-21(30-25(29)26-24)15-19-22(16-9-3-1-4-10-16)18-13-7-8-14-20(18)28-23(19)17-11-5-2-6-12-17/h1-15,22H,(H,26,27,29)/b21-15+/t22-/m1/s1. The van der Waals surface area contributed by atoms with Crippen molar-refractivity contribution in [2.45, 2.75) is 5.92 Å². The predicted octanol–water partition coefficient (Wildman–Crippen LogP) is 5.65. The molecule has 1 N–H and O–H groups in total. The second kappa shape index (κ2) is 7.94. The Morgan fingerprint density at radius 2 is 1.57 bits per heavy atom. The summed E-state index contributed by atoms with van der Waals surface area (Å²) in [7, 11) is 0. The lowest BCUT2D eigenvalue weighted by molar-refractivity contribution is -0.115. The lowest BCUT2D eigenvalue weighted by atomic mass is 9.81. The van der Waals surface area contributed by atoms with Gasteiger partial charge in [-0.2, -0.15) is 0 Å². The third kappa shape index (κ3) is 3.47. The van der Waals surface area contributed by atoms with Gasteiger partial charge in [0.15, 0.2) is 0 Å². The van der Waals surface area contributed by atoms with E-state index >= 15 is 0 Å². The van der Waals surface area contributed by atoms with Gasteiger partial charge in [-0.15, -0.1) is 0 Å². The third-order valence-electron chi connectivity index (χ3n) is 5.11. The number of thiocarbonyl (C=S) groups is 1. The molecule has 3 nitrogen and oxygen atoms in total. The first-order chi connectivity index (χ1) is 14.7. The monoisotopic (exact) mass is 427 g/mol. The number of rotatable bonds is 3. The highest BCUT2D eigenvalue weighted by atomic mass is 32.2. The molecule has 2 heterocycles. The van der Waals surface area contributed by atoms with E-state index in [4.69, 9.17) is 17.0 Å². The second-order valence-electron chi connectivity index (χ2n) is 6.99. The number of amides is 1. The van der Waals surface area contributed by atoms with Crippen molar-refractivity contribution >= 4 is 40.0 Å². The van der Waals surface area contributed by atoms with Crippen molar-refractivity contribution in [3.8, 4) is 5.75 Å². The normalized spacial score (nSPS) is 19.5. The van der Waals surface area contributed by atoms with Crippen molar-refractivity contribution in [1.82, 2.24) is 5.32 Å². The molecular weight excluding hydrogens is 410 g/mol. The summed E-state index contributed by atoms with van der Waals surface area (Å²) in [6, 6.07) is 28.4. The van der Waals surface area contributed by atoms with Gasteiger partial charge in [0.2, 0.25) is 0 Å². The van der Waals surface area contributed by atoms with Gasteiger partial charge in [-0.05, 0) is 17.7 Å². The number of nitrogens with one attached hydrogen (secondary N) is 1. The molecule has 3 aromatic carbocycles. The number of hydrogen-bond donors (Lipinski definition) is 1. The molecule has 1 atom stereocenters. The van der Waals surface area contributed by atoms with Crippen molar-refractivity contribution in [3.63, 3.8) is 0 Å². The van der Waals surface area contributed by atoms with Crippen LogP contribution >= 0.6 is 24.0 Å². The van der Waals surface area contributed by atoms with Crippen molar-refractivity contribution in [3.05, 3.63) is 118 Å². The lowest BCUT2D eigenvalue weighted by Gasteiger charge is -2.30. The Morgan fingerprint density at radius 3 is 2.27 bits per heavy atom. The van der Waals surface area contributed by atoms with E-state index in [2.05, 4.69) is 23.5 Å². The first-order valence-corrected chi connectivity index (χ1v) is 10.8. The molecule has 30 heavy (non-hydrogen) atoms. The number of para-hydroxylation sites is 1. The first kappa shape index (κ1) is 18.9. The summed E-state index contributed by atoms with van der Waals surface area (Å²) in [4.78, 5) is 13.0. The van der Waals surface area contributed by atoms with Crippen molar-refractivity contribution < 1.29 is 9.53 Å². The van der Waals surface area contributed by atoms with Gasteiger partial charge in [0.05, 0.1) is 4.91 Å². The number of carbonyl (C=O) groups excluding carboxylic acids is 1. The molecular formula is C25H17NO2S2. The molecule has 0 spiro atoms. The van der Waals surface area contributed by atoms with Crippen LogP contribution in [0.3, 0.4) is 0 Å². The fourth-order valence-corrected chi connectivity index (χ4v) is 4.85. The summed E-state index contributed by atoms with van der Waals surface area (Å²) in [6.07, 6.45) is 1.93. The fourth-order valence-electron chi connectivity index (χ4n) is 3.81. The van der Waals surface area contributed by atoms with Crippen LogP contribution < -0.4 is 10.1 Å². The number of carbonyl (C=O) groups is 1. The zero-order valence-electron chi connectivity index (χ0n) is 15.9. The van der Waals surface area contributed by atoms with Crippen LogP contribution in [-0.2, 0) is 4.79 Å². The van der Waals surface area contributed by atoms with Gasteiger partial charge in [-0.3, -0.25) is 4.79 Å². The second-order valence-corrected chi connectivity index (χ2v) is 8.71. The molecule has 0 unspecified atom stereocenters. The Morgan fingerprint density at radius 1 is 0.900 bits per heavy atom. The number of benzene rings is 3. The van der Waals surface area contributed by atoms with E-state index in [1.807, 2.05) is 72.8 Å². The zero-order valence-corrected chi connectivity index (χ0v) is 17.5. The Hall–Kier alpha value is -3.15. The Labute approximate surface area is 184 Å². The van der Waals surface area contributed by atoms with E-state index in [0.29, 0.717) is 9.23 Å². The molecule has 5 heteroatoms. The Kier molecular flexibility index (Phi) is 4.99. The zero-order chi connectivity index (χ0) is 20.5. The minimum absolute atomic E-state index is 0.0681. The largest absolute Gasteiger partial charge is 0.456 e. The smallest absolute Gasteiger partial charge is 0.263 e. The van der Waals surface area contributed by atoms with E-state index < -0.39 is 0 Å². The van der Waals surface area contributed by atoms with Crippen LogP contribution in [0.4, 0.5) is 0 Å². The van der Waals surface area contributed by atoms with Crippen LogP contribution in [0.25, 0.3) is 5.76 Å². The minimum atomic E-state index is -0.171. The topological polar surface area (TPSA) is 38.3 Å². The van der Waals surface area contributed by atoms with Crippen LogP contribution in [-0.4, -0.2) is 10.2 Å². The van der Waals surface area contributed by atoms with Crippen LogP contribution in [0.1, 0.15) is 22.6 Å². The lowest BCUT2D eigenvalue weighted by Crippen LogP contribution is -2.19.